The van der Waals surface area contributed by atoms with Crippen LogP contribution in [0.25, 0.3) is 0 Å². The number of amides is 1. The van der Waals surface area contributed by atoms with Crippen LogP contribution in [0.5, 0.6) is 0 Å². The largest absolute Gasteiger partial charge is 0.464 e. The summed E-state index contributed by atoms with van der Waals surface area (Å²) in [6.07, 6.45) is 1.66. The maximum Gasteiger partial charge on any atom is 0.233 e. The van der Waals surface area contributed by atoms with E-state index in [-0.39, 0.29) is 5.91 Å². The van der Waals surface area contributed by atoms with Gasteiger partial charge in [0.15, 0.2) is 0 Å². The molecule has 0 unspecified atom stereocenters. The standard InChI is InChI=1S/C14H15ClN2O2S/c1-10-5-6-11(19-10)8-17(2)13(18)9-20-14-12(15)4-3-7-16-14/h3-7H,8-9H2,1-2H3. The number of hydrogen-bond donors (Lipinski definition) is 0. The summed E-state index contributed by atoms with van der Waals surface area (Å²) in [6, 6.07) is 7.29. The van der Waals surface area contributed by atoms with Crippen LogP contribution in [0.3, 0.4) is 0 Å². The third-order valence-corrected chi connectivity index (χ3v) is 4.08. The highest BCUT2D eigenvalue weighted by molar-refractivity contribution is 8.00. The summed E-state index contributed by atoms with van der Waals surface area (Å²) in [7, 11) is 1.75. The van der Waals surface area contributed by atoms with Crippen LogP contribution in [-0.4, -0.2) is 28.6 Å². The lowest BCUT2D eigenvalue weighted by Crippen LogP contribution is -2.27. The van der Waals surface area contributed by atoms with Gasteiger partial charge < -0.3 is 9.32 Å². The molecule has 0 atom stereocenters. The molecule has 0 saturated heterocycles. The topological polar surface area (TPSA) is 46.3 Å². The van der Waals surface area contributed by atoms with Crippen molar-refractivity contribution in [1.82, 2.24) is 9.88 Å². The highest BCUT2D eigenvalue weighted by atomic mass is 35.5. The Kier molecular flexibility index (Phi) is 5.09. The molecule has 0 aliphatic heterocycles. The van der Waals surface area contributed by atoms with Crippen LogP contribution in [0, 0.1) is 6.92 Å². The zero-order valence-corrected chi connectivity index (χ0v) is 12.9. The number of nitrogens with zero attached hydrogens (tertiary/aromatic N) is 2. The van der Waals surface area contributed by atoms with E-state index in [4.69, 9.17) is 16.0 Å². The molecule has 106 valence electrons. The summed E-state index contributed by atoms with van der Waals surface area (Å²) in [4.78, 5) is 17.8. The van der Waals surface area contributed by atoms with Gasteiger partial charge >= 0.3 is 0 Å². The maximum atomic E-state index is 12.0. The summed E-state index contributed by atoms with van der Waals surface area (Å²) < 4.78 is 5.45. The Balaban J connectivity index is 1.87. The van der Waals surface area contributed by atoms with Crippen LogP contribution in [0.2, 0.25) is 5.02 Å². The quantitative estimate of drug-likeness (QED) is 0.794. The predicted molar refractivity (Wildman–Crippen MR) is 79.9 cm³/mol. The van der Waals surface area contributed by atoms with E-state index < -0.39 is 0 Å². The third-order valence-electron chi connectivity index (χ3n) is 2.67. The molecular weight excluding hydrogens is 296 g/mol. The van der Waals surface area contributed by atoms with Crippen molar-refractivity contribution in [3.63, 3.8) is 0 Å². The number of halogens is 1. The summed E-state index contributed by atoms with van der Waals surface area (Å²) in [5.74, 6) is 1.92. The molecule has 4 nitrogen and oxygen atoms in total. The Morgan fingerprint density at radius 2 is 2.25 bits per heavy atom. The minimum Gasteiger partial charge on any atom is -0.464 e. The van der Waals surface area contributed by atoms with Crippen molar-refractivity contribution >= 4 is 29.3 Å². The summed E-state index contributed by atoms with van der Waals surface area (Å²) in [6.45, 7) is 2.34. The van der Waals surface area contributed by atoms with Crippen LogP contribution >= 0.6 is 23.4 Å². The fraction of sp³-hybridized carbons (Fsp3) is 0.286. The van der Waals surface area contributed by atoms with Gasteiger partial charge in [0, 0.05) is 13.2 Å². The smallest absolute Gasteiger partial charge is 0.233 e. The Bertz CT molecular complexity index is 600. The van der Waals surface area contributed by atoms with E-state index in [0.717, 1.165) is 11.5 Å². The van der Waals surface area contributed by atoms with E-state index in [9.17, 15) is 4.79 Å². The first-order valence-corrected chi connectivity index (χ1v) is 7.45. The Hall–Kier alpha value is -1.46. The monoisotopic (exact) mass is 310 g/mol. The first-order valence-electron chi connectivity index (χ1n) is 6.09. The van der Waals surface area contributed by atoms with Gasteiger partial charge in [-0.15, -0.1) is 0 Å². The van der Waals surface area contributed by atoms with E-state index in [2.05, 4.69) is 4.98 Å². The molecular formula is C14H15ClN2O2S. The molecule has 1 amide bonds. The molecule has 20 heavy (non-hydrogen) atoms. The molecule has 0 aliphatic carbocycles. The van der Waals surface area contributed by atoms with Crippen LogP contribution < -0.4 is 0 Å². The second-order valence-corrected chi connectivity index (χ2v) is 5.71. The molecule has 0 radical (unpaired) electrons. The molecule has 0 bridgehead atoms. The molecule has 6 heteroatoms. The summed E-state index contributed by atoms with van der Waals surface area (Å²) >= 11 is 7.33. The molecule has 0 N–H and O–H groups in total. The molecule has 0 aliphatic rings. The fourth-order valence-corrected chi connectivity index (χ4v) is 2.72. The highest BCUT2D eigenvalue weighted by Crippen LogP contribution is 2.24. The number of carbonyl (C=O) groups excluding carboxylic acids is 1. The van der Waals surface area contributed by atoms with Crippen molar-refractivity contribution in [2.45, 2.75) is 18.5 Å². The van der Waals surface area contributed by atoms with Gasteiger partial charge in [-0.25, -0.2) is 4.98 Å². The second kappa shape index (κ2) is 6.81. The normalized spacial score (nSPS) is 10.6. The van der Waals surface area contributed by atoms with Crippen LogP contribution in [-0.2, 0) is 11.3 Å². The van der Waals surface area contributed by atoms with Gasteiger partial charge in [-0.1, -0.05) is 23.4 Å². The predicted octanol–water partition coefficient (Wildman–Crippen LogP) is 3.39. The first-order chi connectivity index (χ1) is 9.56. The minimum atomic E-state index is 0.00535. The molecule has 0 aromatic carbocycles. The van der Waals surface area contributed by atoms with Crippen molar-refractivity contribution in [1.29, 1.82) is 0 Å². The number of aryl methyl sites for hydroxylation is 1. The molecule has 2 aromatic rings. The summed E-state index contributed by atoms with van der Waals surface area (Å²) in [5, 5.41) is 1.24. The van der Waals surface area contributed by atoms with Gasteiger partial charge in [0.05, 0.1) is 17.3 Å². The third kappa shape index (κ3) is 4.02. The number of carbonyl (C=O) groups is 1. The van der Waals surface area contributed by atoms with Crippen LogP contribution in [0.15, 0.2) is 39.9 Å². The zero-order chi connectivity index (χ0) is 14.5. The lowest BCUT2D eigenvalue weighted by molar-refractivity contribution is -0.127. The number of pyridine rings is 1. The first kappa shape index (κ1) is 14.9. The Labute approximate surface area is 127 Å². The molecule has 0 saturated carbocycles. The van der Waals surface area contributed by atoms with E-state index in [1.807, 2.05) is 19.1 Å². The molecule has 2 rings (SSSR count). The molecule has 0 spiro atoms. The number of hydrogen-bond acceptors (Lipinski definition) is 4. The molecule has 0 fully saturated rings. The van der Waals surface area contributed by atoms with Crippen molar-refractivity contribution in [3.8, 4) is 0 Å². The molecule has 2 aromatic heterocycles. The number of aromatic nitrogens is 1. The lowest BCUT2D eigenvalue weighted by atomic mass is 10.4. The van der Waals surface area contributed by atoms with E-state index in [0.29, 0.717) is 22.3 Å². The van der Waals surface area contributed by atoms with Crippen molar-refractivity contribution in [2.75, 3.05) is 12.8 Å². The summed E-state index contributed by atoms with van der Waals surface area (Å²) in [5.41, 5.74) is 0. The van der Waals surface area contributed by atoms with Crippen LogP contribution in [0.1, 0.15) is 11.5 Å². The van der Waals surface area contributed by atoms with Gasteiger partial charge in [-0.2, -0.15) is 0 Å². The van der Waals surface area contributed by atoms with E-state index >= 15 is 0 Å². The van der Waals surface area contributed by atoms with Gasteiger partial charge in [0.1, 0.15) is 16.5 Å². The number of rotatable bonds is 5. The second-order valence-electron chi connectivity index (χ2n) is 4.34. The van der Waals surface area contributed by atoms with Crippen LogP contribution in [0.4, 0.5) is 0 Å². The van der Waals surface area contributed by atoms with Gasteiger partial charge in [0.2, 0.25) is 5.91 Å². The SMILES string of the molecule is Cc1ccc(CN(C)C(=O)CSc2ncccc2Cl)o1. The number of thioether (sulfide) groups is 1. The van der Waals surface area contributed by atoms with Gasteiger partial charge in [-0.3, -0.25) is 4.79 Å². The zero-order valence-electron chi connectivity index (χ0n) is 11.3. The van der Waals surface area contributed by atoms with E-state index in [1.54, 1.807) is 30.3 Å². The average molecular weight is 311 g/mol. The van der Waals surface area contributed by atoms with E-state index in [1.165, 1.54) is 11.8 Å². The Morgan fingerprint density at radius 3 is 2.90 bits per heavy atom. The fourth-order valence-electron chi connectivity index (χ4n) is 1.61. The minimum absolute atomic E-state index is 0.00535. The highest BCUT2D eigenvalue weighted by Gasteiger charge is 2.13. The van der Waals surface area contributed by atoms with Crippen molar-refractivity contribution in [3.05, 3.63) is 47.0 Å². The Morgan fingerprint density at radius 1 is 1.45 bits per heavy atom. The maximum absolute atomic E-state index is 12.0. The average Bonchev–Trinajstić information content (AvgIpc) is 2.82. The van der Waals surface area contributed by atoms with Crippen molar-refractivity contribution in [2.24, 2.45) is 0 Å². The number of furan rings is 1. The molecule has 2 heterocycles. The van der Waals surface area contributed by atoms with Gasteiger partial charge in [-0.05, 0) is 31.2 Å². The van der Waals surface area contributed by atoms with Crippen molar-refractivity contribution < 1.29 is 9.21 Å². The van der Waals surface area contributed by atoms with Gasteiger partial charge in [0.25, 0.3) is 0 Å². The lowest BCUT2D eigenvalue weighted by Gasteiger charge is -2.15.